The lowest BCUT2D eigenvalue weighted by Crippen LogP contribution is -2.35. The molecule has 2 aromatic rings. The highest BCUT2D eigenvalue weighted by atomic mass is 19.4. The Kier molecular flexibility index (Phi) is 4.98. The third kappa shape index (κ3) is 3.54. The minimum absolute atomic E-state index is 0.0921. The molecular formula is C16H8F10O2. The number of hydrogen-bond acceptors (Lipinski definition) is 2. The van der Waals surface area contributed by atoms with Gasteiger partial charge in [0.1, 0.15) is 11.5 Å². The van der Waals surface area contributed by atoms with E-state index in [9.17, 15) is 54.1 Å². The van der Waals surface area contributed by atoms with Crippen molar-refractivity contribution in [1.82, 2.24) is 0 Å². The van der Waals surface area contributed by atoms with E-state index in [0.29, 0.717) is 24.3 Å². The van der Waals surface area contributed by atoms with Gasteiger partial charge in [0.05, 0.1) is 0 Å². The lowest BCUT2D eigenvalue weighted by atomic mass is 9.89. The Labute approximate surface area is 149 Å². The van der Waals surface area contributed by atoms with Gasteiger partial charge < -0.3 is 10.2 Å². The van der Waals surface area contributed by atoms with Crippen molar-refractivity contribution in [3.63, 3.8) is 0 Å². The molecule has 0 aromatic heterocycles. The van der Waals surface area contributed by atoms with Crippen molar-refractivity contribution in [3.05, 3.63) is 47.5 Å². The SMILES string of the molecule is Oc1ccc(-c2ccc(O)cc2C(F)(F)C(F)(F)F)c(C(F)(F)C(F)(F)F)c1. The van der Waals surface area contributed by atoms with Crippen molar-refractivity contribution in [1.29, 1.82) is 0 Å². The molecule has 0 amide bonds. The molecule has 0 heterocycles. The Bertz CT molecular complexity index is 810. The largest absolute Gasteiger partial charge is 0.508 e. The third-order valence-electron chi connectivity index (χ3n) is 3.69. The molecule has 154 valence electrons. The van der Waals surface area contributed by atoms with Gasteiger partial charge >= 0.3 is 24.2 Å². The topological polar surface area (TPSA) is 40.5 Å². The molecule has 0 radical (unpaired) electrons. The number of phenols is 2. The van der Waals surface area contributed by atoms with E-state index in [4.69, 9.17) is 0 Å². The number of alkyl halides is 10. The van der Waals surface area contributed by atoms with Gasteiger partial charge in [0.15, 0.2) is 0 Å². The molecule has 28 heavy (non-hydrogen) atoms. The van der Waals surface area contributed by atoms with Crippen LogP contribution in [-0.2, 0) is 11.8 Å². The molecule has 2 rings (SSSR count). The summed E-state index contributed by atoms with van der Waals surface area (Å²) in [6.07, 6.45) is -12.5. The van der Waals surface area contributed by atoms with Crippen molar-refractivity contribution in [2.45, 2.75) is 24.2 Å². The van der Waals surface area contributed by atoms with Gasteiger partial charge in [0.2, 0.25) is 0 Å². The fourth-order valence-electron chi connectivity index (χ4n) is 2.36. The van der Waals surface area contributed by atoms with Crippen LogP contribution in [0.3, 0.4) is 0 Å². The molecule has 0 fully saturated rings. The van der Waals surface area contributed by atoms with Crippen LogP contribution in [0.5, 0.6) is 11.5 Å². The van der Waals surface area contributed by atoms with Gasteiger partial charge in [-0.05, 0) is 35.4 Å². The molecule has 2 N–H and O–H groups in total. The third-order valence-corrected chi connectivity index (χ3v) is 3.69. The fourth-order valence-corrected chi connectivity index (χ4v) is 2.36. The summed E-state index contributed by atoms with van der Waals surface area (Å²) < 4.78 is 132. The second-order valence-corrected chi connectivity index (χ2v) is 5.60. The zero-order valence-electron chi connectivity index (χ0n) is 13.1. The van der Waals surface area contributed by atoms with Crippen LogP contribution in [-0.4, -0.2) is 22.6 Å². The molecule has 0 aliphatic rings. The Morgan fingerprint density at radius 2 is 0.786 bits per heavy atom. The lowest BCUT2D eigenvalue weighted by molar-refractivity contribution is -0.289. The first kappa shape index (κ1) is 21.6. The summed E-state index contributed by atoms with van der Waals surface area (Å²) in [6, 6.07) is 1.57. The summed E-state index contributed by atoms with van der Waals surface area (Å²) in [4.78, 5) is 0. The van der Waals surface area contributed by atoms with Crippen LogP contribution < -0.4 is 0 Å². The number of halogens is 10. The van der Waals surface area contributed by atoms with Crippen LogP contribution in [0.4, 0.5) is 43.9 Å². The molecule has 0 unspecified atom stereocenters. The number of benzene rings is 2. The Morgan fingerprint density at radius 3 is 1.04 bits per heavy atom. The van der Waals surface area contributed by atoms with Crippen LogP contribution in [0.25, 0.3) is 11.1 Å². The van der Waals surface area contributed by atoms with Gasteiger partial charge in [-0.3, -0.25) is 0 Å². The zero-order valence-corrected chi connectivity index (χ0v) is 13.1. The highest BCUT2D eigenvalue weighted by Gasteiger charge is 2.62. The number of aromatic hydroxyl groups is 2. The summed E-state index contributed by atoms with van der Waals surface area (Å²) in [6.45, 7) is 0. The minimum Gasteiger partial charge on any atom is -0.508 e. The first-order chi connectivity index (χ1) is 12.5. The van der Waals surface area contributed by atoms with E-state index in [2.05, 4.69) is 0 Å². The predicted octanol–water partition coefficient (Wildman–Crippen LogP) is 6.07. The van der Waals surface area contributed by atoms with E-state index in [-0.39, 0.29) is 12.1 Å². The van der Waals surface area contributed by atoms with Crippen molar-refractivity contribution in [2.24, 2.45) is 0 Å². The van der Waals surface area contributed by atoms with E-state index in [0.717, 1.165) is 0 Å². The van der Waals surface area contributed by atoms with Gasteiger partial charge in [0.25, 0.3) is 0 Å². The second-order valence-electron chi connectivity index (χ2n) is 5.60. The predicted molar refractivity (Wildman–Crippen MR) is 75.1 cm³/mol. The highest BCUT2D eigenvalue weighted by molar-refractivity contribution is 5.74. The van der Waals surface area contributed by atoms with Crippen LogP contribution in [0.15, 0.2) is 36.4 Å². The van der Waals surface area contributed by atoms with Crippen molar-refractivity contribution in [2.75, 3.05) is 0 Å². The van der Waals surface area contributed by atoms with Gasteiger partial charge in [-0.2, -0.15) is 43.9 Å². The van der Waals surface area contributed by atoms with Crippen LogP contribution in [0.2, 0.25) is 0 Å². The second kappa shape index (κ2) is 6.45. The van der Waals surface area contributed by atoms with Crippen LogP contribution in [0.1, 0.15) is 11.1 Å². The van der Waals surface area contributed by atoms with Crippen LogP contribution in [0, 0.1) is 0 Å². The quantitative estimate of drug-likeness (QED) is 0.590. The average Bonchev–Trinajstić information content (AvgIpc) is 2.53. The molecule has 0 aliphatic heterocycles. The monoisotopic (exact) mass is 422 g/mol. The molecule has 0 bridgehead atoms. The summed E-state index contributed by atoms with van der Waals surface area (Å²) >= 11 is 0. The molecule has 0 atom stereocenters. The molecule has 0 saturated carbocycles. The standard InChI is InChI=1S/C16H8F10O2/c17-13(18,15(21,22)23)11-5-7(27)1-3-9(11)10-4-2-8(28)6-12(10)14(19,20)16(24,25)26/h1-6,27-28H. The molecule has 2 aromatic carbocycles. The van der Waals surface area contributed by atoms with Crippen molar-refractivity contribution in [3.8, 4) is 22.6 Å². The Hall–Kier alpha value is -2.66. The molecular weight excluding hydrogens is 414 g/mol. The lowest BCUT2D eigenvalue weighted by Gasteiger charge is -2.26. The molecule has 0 aliphatic carbocycles. The average molecular weight is 422 g/mol. The number of phenolic OH excluding ortho intramolecular Hbond substituents is 2. The van der Waals surface area contributed by atoms with Gasteiger partial charge in [-0.15, -0.1) is 0 Å². The summed E-state index contributed by atoms with van der Waals surface area (Å²) in [5, 5.41) is 18.5. The highest BCUT2D eigenvalue weighted by Crippen LogP contribution is 2.52. The van der Waals surface area contributed by atoms with E-state index < -0.39 is 58.0 Å². The van der Waals surface area contributed by atoms with Gasteiger partial charge in [-0.25, -0.2) is 0 Å². The van der Waals surface area contributed by atoms with Crippen LogP contribution >= 0.6 is 0 Å². The maximum atomic E-state index is 13.8. The molecule has 2 nitrogen and oxygen atoms in total. The summed E-state index contributed by atoms with van der Waals surface area (Å²) in [5.74, 6) is -13.6. The maximum Gasteiger partial charge on any atom is 0.458 e. The molecule has 0 spiro atoms. The van der Waals surface area contributed by atoms with E-state index >= 15 is 0 Å². The first-order valence-electron chi connectivity index (χ1n) is 7.06. The normalized spacial score (nSPS) is 13.6. The smallest absolute Gasteiger partial charge is 0.458 e. The summed E-state index contributed by atoms with van der Waals surface area (Å²) in [7, 11) is 0. The van der Waals surface area contributed by atoms with Crippen molar-refractivity contribution < 1.29 is 54.1 Å². The zero-order chi connectivity index (χ0) is 21.7. The summed E-state index contributed by atoms with van der Waals surface area (Å²) in [5.41, 5.74) is -6.74. The van der Waals surface area contributed by atoms with E-state index in [1.54, 1.807) is 0 Å². The number of rotatable bonds is 3. The minimum atomic E-state index is -6.24. The number of hydrogen-bond donors (Lipinski definition) is 2. The maximum absolute atomic E-state index is 13.8. The van der Waals surface area contributed by atoms with Gasteiger partial charge in [0, 0.05) is 11.1 Å². The van der Waals surface area contributed by atoms with Crippen molar-refractivity contribution >= 4 is 0 Å². The van der Waals surface area contributed by atoms with Gasteiger partial charge in [-0.1, -0.05) is 12.1 Å². The first-order valence-corrected chi connectivity index (χ1v) is 7.06. The Morgan fingerprint density at radius 1 is 0.500 bits per heavy atom. The fraction of sp³-hybridized carbons (Fsp3) is 0.250. The molecule has 12 heteroatoms. The molecule has 0 saturated heterocycles. The van der Waals surface area contributed by atoms with E-state index in [1.807, 2.05) is 0 Å². The Balaban J connectivity index is 2.89. The van der Waals surface area contributed by atoms with E-state index in [1.165, 1.54) is 0 Å².